The Balaban J connectivity index is 3.39. The quantitative estimate of drug-likeness (QED) is 0.570. The first kappa shape index (κ1) is 13.0. The molecule has 0 rings (SSSR count). The Morgan fingerprint density at radius 3 is 2.15 bits per heavy atom. The summed E-state index contributed by atoms with van der Waals surface area (Å²) in [4.78, 5) is 0. The summed E-state index contributed by atoms with van der Waals surface area (Å²) in [6, 6.07) is 0. The van der Waals surface area contributed by atoms with Crippen molar-refractivity contribution in [3.8, 4) is 0 Å². The zero-order chi connectivity index (χ0) is 10.2. The van der Waals surface area contributed by atoms with Gasteiger partial charge < -0.3 is 5.32 Å². The maximum absolute atomic E-state index is 3.38. The molecule has 0 unspecified atom stereocenters. The van der Waals surface area contributed by atoms with Gasteiger partial charge in [0.25, 0.3) is 0 Å². The molecule has 0 saturated heterocycles. The minimum Gasteiger partial charge on any atom is -0.317 e. The topological polar surface area (TPSA) is 12.0 Å². The van der Waals surface area contributed by atoms with Crippen molar-refractivity contribution < 1.29 is 0 Å². The SMILES string of the molecule is CCCCC(C)(C)CCCNCC. The van der Waals surface area contributed by atoms with Crippen molar-refractivity contribution in [3.05, 3.63) is 0 Å². The van der Waals surface area contributed by atoms with Gasteiger partial charge in [0, 0.05) is 0 Å². The van der Waals surface area contributed by atoms with Crippen LogP contribution in [0, 0.1) is 5.41 Å². The van der Waals surface area contributed by atoms with Gasteiger partial charge >= 0.3 is 0 Å². The Morgan fingerprint density at radius 1 is 1.00 bits per heavy atom. The third-order valence-electron chi connectivity index (χ3n) is 2.66. The number of unbranched alkanes of at least 4 members (excludes halogenated alkanes) is 1. The standard InChI is InChI=1S/C12H27N/c1-5-7-9-12(3,4)10-8-11-13-6-2/h13H,5-11H2,1-4H3. The molecule has 1 N–H and O–H groups in total. The van der Waals surface area contributed by atoms with Crippen molar-refractivity contribution in [3.63, 3.8) is 0 Å². The molecule has 0 aliphatic carbocycles. The second-order valence-electron chi connectivity index (χ2n) is 4.72. The summed E-state index contributed by atoms with van der Waals surface area (Å²) in [6.07, 6.45) is 6.78. The molecular weight excluding hydrogens is 158 g/mol. The fraction of sp³-hybridized carbons (Fsp3) is 1.00. The summed E-state index contributed by atoms with van der Waals surface area (Å²) in [5.41, 5.74) is 0.561. The van der Waals surface area contributed by atoms with Crippen molar-refractivity contribution in [2.45, 2.75) is 59.8 Å². The molecular formula is C12H27N. The maximum atomic E-state index is 3.38. The smallest absolute Gasteiger partial charge is 0.00488 e. The molecule has 0 spiro atoms. The van der Waals surface area contributed by atoms with E-state index in [-0.39, 0.29) is 0 Å². The van der Waals surface area contributed by atoms with Gasteiger partial charge in [-0.1, -0.05) is 40.5 Å². The van der Waals surface area contributed by atoms with Crippen LogP contribution in [-0.2, 0) is 0 Å². The first-order chi connectivity index (χ1) is 6.12. The van der Waals surface area contributed by atoms with E-state index in [4.69, 9.17) is 0 Å². The molecule has 0 aromatic rings. The van der Waals surface area contributed by atoms with E-state index in [9.17, 15) is 0 Å². The fourth-order valence-corrected chi connectivity index (χ4v) is 1.65. The van der Waals surface area contributed by atoms with Crippen molar-refractivity contribution in [1.82, 2.24) is 5.32 Å². The molecule has 0 aromatic carbocycles. The Hall–Kier alpha value is -0.0400. The minimum absolute atomic E-state index is 0.561. The fourth-order valence-electron chi connectivity index (χ4n) is 1.65. The highest BCUT2D eigenvalue weighted by molar-refractivity contribution is 4.68. The third-order valence-corrected chi connectivity index (χ3v) is 2.66. The van der Waals surface area contributed by atoms with E-state index in [1.165, 1.54) is 38.6 Å². The molecule has 1 heteroatoms. The molecule has 0 aliphatic rings. The largest absolute Gasteiger partial charge is 0.317 e. The van der Waals surface area contributed by atoms with Crippen LogP contribution < -0.4 is 5.32 Å². The predicted molar refractivity (Wildman–Crippen MR) is 61.1 cm³/mol. The van der Waals surface area contributed by atoms with Crippen LogP contribution in [0.1, 0.15) is 59.8 Å². The molecule has 0 bridgehead atoms. The van der Waals surface area contributed by atoms with Crippen LogP contribution in [0.3, 0.4) is 0 Å². The summed E-state index contributed by atoms with van der Waals surface area (Å²) in [7, 11) is 0. The zero-order valence-corrected chi connectivity index (χ0v) is 9.95. The summed E-state index contributed by atoms with van der Waals surface area (Å²) in [5, 5.41) is 3.38. The number of hydrogen-bond acceptors (Lipinski definition) is 1. The van der Waals surface area contributed by atoms with E-state index in [1.54, 1.807) is 0 Å². The molecule has 0 aliphatic heterocycles. The van der Waals surface area contributed by atoms with E-state index in [0.717, 1.165) is 6.54 Å². The molecule has 0 heterocycles. The summed E-state index contributed by atoms with van der Waals surface area (Å²) in [5.74, 6) is 0. The Morgan fingerprint density at radius 2 is 1.62 bits per heavy atom. The van der Waals surface area contributed by atoms with E-state index in [0.29, 0.717) is 5.41 Å². The van der Waals surface area contributed by atoms with Gasteiger partial charge in [-0.3, -0.25) is 0 Å². The van der Waals surface area contributed by atoms with Gasteiger partial charge in [0.05, 0.1) is 0 Å². The minimum atomic E-state index is 0.561. The lowest BCUT2D eigenvalue weighted by Crippen LogP contribution is -2.18. The summed E-state index contributed by atoms with van der Waals surface area (Å²) in [6.45, 7) is 11.5. The normalized spacial score (nSPS) is 12.0. The van der Waals surface area contributed by atoms with Crippen molar-refractivity contribution in [2.24, 2.45) is 5.41 Å². The van der Waals surface area contributed by atoms with Crippen LogP contribution in [0.5, 0.6) is 0 Å². The monoisotopic (exact) mass is 185 g/mol. The number of rotatable bonds is 8. The highest BCUT2D eigenvalue weighted by atomic mass is 14.8. The van der Waals surface area contributed by atoms with Crippen LogP contribution in [0.2, 0.25) is 0 Å². The van der Waals surface area contributed by atoms with Crippen LogP contribution in [0.4, 0.5) is 0 Å². The van der Waals surface area contributed by atoms with E-state index in [2.05, 4.69) is 33.0 Å². The lowest BCUT2D eigenvalue weighted by Gasteiger charge is -2.24. The Bertz CT molecular complexity index is 108. The van der Waals surface area contributed by atoms with Crippen molar-refractivity contribution in [2.75, 3.05) is 13.1 Å². The Labute approximate surface area is 84.3 Å². The predicted octanol–water partition coefficient (Wildman–Crippen LogP) is 3.59. The average Bonchev–Trinajstić information content (AvgIpc) is 2.09. The highest BCUT2D eigenvalue weighted by Gasteiger charge is 2.15. The molecule has 80 valence electrons. The lowest BCUT2D eigenvalue weighted by molar-refractivity contribution is 0.288. The van der Waals surface area contributed by atoms with Gasteiger partial charge in [-0.15, -0.1) is 0 Å². The Kier molecular flexibility index (Phi) is 7.35. The lowest BCUT2D eigenvalue weighted by atomic mass is 9.83. The molecule has 13 heavy (non-hydrogen) atoms. The molecule has 0 aromatic heterocycles. The first-order valence-electron chi connectivity index (χ1n) is 5.83. The van der Waals surface area contributed by atoms with Crippen molar-refractivity contribution in [1.29, 1.82) is 0 Å². The number of nitrogens with one attached hydrogen (secondary N) is 1. The number of hydrogen-bond donors (Lipinski definition) is 1. The average molecular weight is 185 g/mol. The second-order valence-corrected chi connectivity index (χ2v) is 4.72. The second kappa shape index (κ2) is 7.37. The van der Waals surface area contributed by atoms with E-state index >= 15 is 0 Å². The van der Waals surface area contributed by atoms with Crippen LogP contribution in [0.15, 0.2) is 0 Å². The molecule has 0 radical (unpaired) electrons. The first-order valence-corrected chi connectivity index (χ1v) is 5.83. The third kappa shape index (κ3) is 8.29. The maximum Gasteiger partial charge on any atom is -0.00488 e. The summed E-state index contributed by atoms with van der Waals surface area (Å²) >= 11 is 0. The van der Waals surface area contributed by atoms with Gasteiger partial charge in [-0.05, 0) is 37.8 Å². The molecule has 0 amide bonds. The van der Waals surface area contributed by atoms with Crippen molar-refractivity contribution >= 4 is 0 Å². The molecule has 0 fully saturated rings. The molecule has 0 saturated carbocycles. The van der Waals surface area contributed by atoms with Gasteiger partial charge in [0.2, 0.25) is 0 Å². The summed E-state index contributed by atoms with van der Waals surface area (Å²) < 4.78 is 0. The molecule has 0 atom stereocenters. The molecule has 1 nitrogen and oxygen atoms in total. The van der Waals surface area contributed by atoms with Crippen LogP contribution in [-0.4, -0.2) is 13.1 Å². The van der Waals surface area contributed by atoms with E-state index < -0.39 is 0 Å². The van der Waals surface area contributed by atoms with Crippen LogP contribution >= 0.6 is 0 Å². The van der Waals surface area contributed by atoms with Gasteiger partial charge in [0.15, 0.2) is 0 Å². The highest BCUT2D eigenvalue weighted by Crippen LogP contribution is 2.28. The zero-order valence-electron chi connectivity index (χ0n) is 9.95. The van der Waals surface area contributed by atoms with Gasteiger partial charge in [-0.25, -0.2) is 0 Å². The van der Waals surface area contributed by atoms with Gasteiger partial charge in [-0.2, -0.15) is 0 Å². The van der Waals surface area contributed by atoms with Crippen LogP contribution in [0.25, 0.3) is 0 Å². The van der Waals surface area contributed by atoms with Gasteiger partial charge in [0.1, 0.15) is 0 Å². The van der Waals surface area contributed by atoms with E-state index in [1.807, 2.05) is 0 Å².